The Hall–Kier alpha value is -1.56. The summed E-state index contributed by atoms with van der Waals surface area (Å²) < 4.78 is 39.2. The molecule has 1 aromatic carbocycles. The van der Waals surface area contributed by atoms with E-state index in [2.05, 4.69) is 4.98 Å². The maximum atomic E-state index is 13.2. The Bertz CT molecular complexity index is 572. The monoisotopic (exact) mass is 272 g/mol. The van der Waals surface area contributed by atoms with Crippen LogP contribution < -0.4 is 5.73 Å². The molecule has 96 valence electrons. The van der Waals surface area contributed by atoms with Gasteiger partial charge in [0, 0.05) is 10.8 Å². The van der Waals surface area contributed by atoms with Gasteiger partial charge in [-0.1, -0.05) is 6.92 Å². The molecule has 0 aliphatic rings. The van der Waals surface area contributed by atoms with Gasteiger partial charge in [-0.05, 0) is 24.6 Å². The van der Waals surface area contributed by atoms with Crippen molar-refractivity contribution in [3.05, 3.63) is 45.7 Å². The molecule has 6 heteroatoms. The summed E-state index contributed by atoms with van der Waals surface area (Å²) in [5.41, 5.74) is 6.66. The molecule has 1 heterocycles. The molecule has 0 saturated carbocycles. The Morgan fingerprint density at radius 2 is 1.78 bits per heavy atom. The number of aromatic nitrogens is 1. The van der Waals surface area contributed by atoms with Crippen molar-refractivity contribution < 1.29 is 13.2 Å². The van der Waals surface area contributed by atoms with E-state index in [9.17, 15) is 13.2 Å². The molecule has 0 aliphatic heterocycles. The fourth-order valence-corrected chi connectivity index (χ4v) is 2.72. The number of nitrogens with zero attached hydrogens (tertiary/aromatic N) is 1. The molecule has 0 bridgehead atoms. The Kier molecular flexibility index (Phi) is 3.30. The summed E-state index contributed by atoms with van der Waals surface area (Å²) in [5.74, 6) is -4.12. The van der Waals surface area contributed by atoms with Crippen LogP contribution in [0.4, 0.5) is 18.3 Å². The van der Waals surface area contributed by atoms with E-state index in [1.165, 1.54) is 11.3 Å². The Balaban J connectivity index is 2.46. The van der Waals surface area contributed by atoms with Crippen LogP contribution in [-0.4, -0.2) is 4.98 Å². The third-order valence-corrected chi connectivity index (χ3v) is 3.92. The van der Waals surface area contributed by atoms with Crippen molar-refractivity contribution in [3.63, 3.8) is 0 Å². The molecular weight excluding hydrogens is 261 g/mol. The van der Waals surface area contributed by atoms with Crippen LogP contribution in [0.25, 0.3) is 0 Å². The highest BCUT2D eigenvalue weighted by molar-refractivity contribution is 7.15. The third kappa shape index (κ3) is 2.20. The number of aryl methyl sites for hydroxylation is 1. The summed E-state index contributed by atoms with van der Waals surface area (Å²) in [7, 11) is 0. The van der Waals surface area contributed by atoms with E-state index < -0.39 is 17.5 Å². The van der Waals surface area contributed by atoms with Crippen LogP contribution in [-0.2, 0) is 0 Å². The minimum atomic E-state index is -1.45. The number of hydrogen-bond donors (Lipinski definition) is 1. The maximum absolute atomic E-state index is 13.2. The number of nitrogen functional groups attached to an aromatic ring is 1. The van der Waals surface area contributed by atoms with E-state index in [0.717, 1.165) is 22.7 Å². The average Bonchev–Trinajstić information content (AvgIpc) is 2.63. The first-order valence-electron chi connectivity index (χ1n) is 5.27. The van der Waals surface area contributed by atoms with Crippen molar-refractivity contribution in [1.82, 2.24) is 4.98 Å². The van der Waals surface area contributed by atoms with Gasteiger partial charge in [0.2, 0.25) is 0 Å². The molecule has 0 amide bonds. The Morgan fingerprint density at radius 3 is 2.22 bits per heavy atom. The van der Waals surface area contributed by atoms with Crippen LogP contribution in [0, 0.1) is 24.4 Å². The van der Waals surface area contributed by atoms with E-state index in [-0.39, 0.29) is 5.92 Å². The predicted octanol–water partition coefficient (Wildman–Crippen LogP) is 3.60. The fourth-order valence-electron chi connectivity index (χ4n) is 1.81. The second kappa shape index (κ2) is 4.61. The van der Waals surface area contributed by atoms with E-state index in [4.69, 9.17) is 5.73 Å². The largest absolute Gasteiger partial charge is 0.375 e. The van der Waals surface area contributed by atoms with Crippen LogP contribution in [0.1, 0.15) is 29.0 Å². The molecule has 2 nitrogen and oxygen atoms in total. The van der Waals surface area contributed by atoms with E-state index in [1.54, 1.807) is 13.8 Å². The van der Waals surface area contributed by atoms with Gasteiger partial charge in [-0.2, -0.15) is 0 Å². The number of nitrogens with two attached hydrogens (primary N) is 1. The number of anilines is 1. The van der Waals surface area contributed by atoms with Gasteiger partial charge in [-0.15, -0.1) is 11.3 Å². The first-order valence-corrected chi connectivity index (χ1v) is 6.09. The molecule has 0 saturated heterocycles. The summed E-state index contributed by atoms with van der Waals surface area (Å²) in [6.07, 6.45) is 0. The number of rotatable bonds is 2. The van der Waals surface area contributed by atoms with Crippen molar-refractivity contribution in [2.24, 2.45) is 0 Å². The van der Waals surface area contributed by atoms with E-state index >= 15 is 0 Å². The summed E-state index contributed by atoms with van der Waals surface area (Å²) in [6, 6.07) is 2.00. The van der Waals surface area contributed by atoms with E-state index in [0.29, 0.717) is 10.7 Å². The molecule has 2 aromatic rings. The lowest BCUT2D eigenvalue weighted by atomic mass is 9.98. The van der Waals surface area contributed by atoms with Gasteiger partial charge < -0.3 is 5.73 Å². The molecule has 18 heavy (non-hydrogen) atoms. The maximum Gasteiger partial charge on any atom is 0.194 e. The predicted molar refractivity (Wildman–Crippen MR) is 65.1 cm³/mol. The molecule has 0 radical (unpaired) electrons. The minimum Gasteiger partial charge on any atom is -0.375 e. The third-order valence-electron chi connectivity index (χ3n) is 2.75. The standard InChI is InChI=1S/C12H11F3N2S/c1-5(11-6(2)17-12(16)18-11)7-3-8(13)10(15)9(14)4-7/h3-5H,1-2H3,(H2,16,17). The highest BCUT2D eigenvalue weighted by Crippen LogP contribution is 2.33. The molecular formula is C12H11F3N2S. The summed E-state index contributed by atoms with van der Waals surface area (Å²) in [6.45, 7) is 3.54. The van der Waals surface area contributed by atoms with Gasteiger partial charge in [0.15, 0.2) is 22.6 Å². The van der Waals surface area contributed by atoms with Gasteiger partial charge >= 0.3 is 0 Å². The number of halogens is 3. The molecule has 2 rings (SSSR count). The van der Waals surface area contributed by atoms with Crippen molar-refractivity contribution in [1.29, 1.82) is 0 Å². The Labute approximate surface area is 106 Å². The molecule has 1 atom stereocenters. The highest BCUT2D eigenvalue weighted by Gasteiger charge is 2.19. The highest BCUT2D eigenvalue weighted by atomic mass is 32.1. The van der Waals surface area contributed by atoms with Crippen LogP contribution in [0.5, 0.6) is 0 Å². The molecule has 0 fully saturated rings. The Morgan fingerprint density at radius 1 is 1.22 bits per heavy atom. The molecule has 2 N–H and O–H groups in total. The smallest absolute Gasteiger partial charge is 0.194 e. The molecule has 1 aromatic heterocycles. The molecule has 0 spiro atoms. The topological polar surface area (TPSA) is 38.9 Å². The fraction of sp³-hybridized carbons (Fsp3) is 0.250. The van der Waals surface area contributed by atoms with Gasteiger partial charge in [0.05, 0.1) is 5.69 Å². The second-order valence-electron chi connectivity index (χ2n) is 4.02. The van der Waals surface area contributed by atoms with E-state index in [1.807, 2.05) is 0 Å². The lowest BCUT2D eigenvalue weighted by molar-refractivity contribution is 0.444. The quantitative estimate of drug-likeness (QED) is 0.848. The number of thiazole rings is 1. The average molecular weight is 272 g/mol. The van der Waals surface area contributed by atoms with Crippen LogP contribution in [0.3, 0.4) is 0 Å². The van der Waals surface area contributed by atoms with Crippen molar-refractivity contribution in [2.45, 2.75) is 19.8 Å². The molecule has 1 unspecified atom stereocenters. The SMILES string of the molecule is Cc1nc(N)sc1C(C)c1cc(F)c(F)c(F)c1. The summed E-state index contributed by atoms with van der Waals surface area (Å²) in [5, 5.41) is 0.400. The lowest BCUT2D eigenvalue weighted by Gasteiger charge is -2.11. The van der Waals surface area contributed by atoms with Crippen molar-refractivity contribution >= 4 is 16.5 Å². The zero-order valence-corrected chi connectivity index (χ0v) is 10.6. The number of hydrogen-bond acceptors (Lipinski definition) is 3. The van der Waals surface area contributed by atoms with Gasteiger partial charge in [-0.3, -0.25) is 0 Å². The second-order valence-corrected chi connectivity index (χ2v) is 5.08. The van der Waals surface area contributed by atoms with Gasteiger partial charge in [-0.25, -0.2) is 18.2 Å². The van der Waals surface area contributed by atoms with Crippen molar-refractivity contribution in [2.75, 3.05) is 5.73 Å². The first-order chi connectivity index (χ1) is 8.40. The van der Waals surface area contributed by atoms with Gasteiger partial charge in [0.1, 0.15) is 0 Å². The summed E-state index contributed by atoms with van der Waals surface area (Å²) in [4.78, 5) is 4.87. The van der Waals surface area contributed by atoms with Crippen molar-refractivity contribution in [3.8, 4) is 0 Å². The summed E-state index contributed by atoms with van der Waals surface area (Å²) >= 11 is 1.26. The number of benzene rings is 1. The zero-order chi connectivity index (χ0) is 13.4. The lowest BCUT2D eigenvalue weighted by Crippen LogP contribution is -2.00. The molecule has 0 aliphatic carbocycles. The van der Waals surface area contributed by atoms with Crippen LogP contribution in [0.15, 0.2) is 12.1 Å². The first kappa shape index (κ1) is 12.9. The minimum absolute atomic E-state index is 0.288. The van der Waals surface area contributed by atoms with Gasteiger partial charge in [0.25, 0.3) is 0 Å². The zero-order valence-electron chi connectivity index (χ0n) is 9.80. The normalized spacial score (nSPS) is 12.7. The van der Waals surface area contributed by atoms with Crippen LogP contribution >= 0.6 is 11.3 Å². The van der Waals surface area contributed by atoms with Crippen LogP contribution in [0.2, 0.25) is 0 Å².